The summed E-state index contributed by atoms with van der Waals surface area (Å²) in [7, 11) is 3.48. The third kappa shape index (κ3) is 5.99. The molecule has 23 heavy (non-hydrogen) atoms. The Kier molecular flexibility index (Phi) is 6.65. The molecule has 1 heterocycles. The predicted octanol–water partition coefficient (Wildman–Crippen LogP) is 0.706. The number of likely N-dealkylation sites (N-methyl/N-ethyl adjacent to an activating group) is 1. The lowest BCUT2D eigenvalue weighted by Gasteiger charge is -2.23. The standard InChI is InChI=1S/C16H30N4O3/c1-16(22-10-11-23-16)8-9-17-15(18-12-14(21)20(2)3)19-13-6-4-5-7-13/h13H,4-12H2,1-3H3,(H2,17,18,19). The van der Waals surface area contributed by atoms with Gasteiger partial charge in [-0.15, -0.1) is 0 Å². The van der Waals surface area contributed by atoms with Crippen molar-refractivity contribution < 1.29 is 14.3 Å². The first-order valence-electron chi connectivity index (χ1n) is 8.51. The summed E-state index contributed by atoms with van der Waals surface area (Å²) < 4.78 is 11.2. The molecule has 7 heteroatoms. The molecule has 0 atom stereocenters. The Morgan fingerprint density at radius 2 is 1.91 bits per heavy atom. The lowest BCUT2D eigenvalue weighted by molar-refractivity contribution is -0.145. The molecule has 0 radical (unpaired) electrons. The zero-order chi connectivity index (χ0) is 16.7. The fourth-order valence-electron chi connectivity index (χ4n) is 2.81. The first-order valence-corrected chi connectivity index (χ1v) is 8.51. The molecule has 0 bridgehead atoms. The molecule has 0 aromatic rings. The minimum atomic E-state index is -0.509. The minimum absolute atomic E-state index is 0.00746. The smallest absolute Gasteiger partial charge is 0.243 e. The maximum atomic E-state index is 11.7. The van der Waals surface area contributed by atoms with Gasteiger partial charge in [-0.25, -0.2) is 4.99 Å². The normalized spacial score (nSPS) is 21.4. The Balaban J connectivity index is 1.84. The van der Waals surface area contributed by atoms with E-state index in [1.165, 1.54) is 12.8 Å². The van der Waals surface area contributed by atoms with Gasteiger partial charge in [0, 0.05) is 33.1 Å². The molecule has 0 unspecified atom stereocenters. The second-order valence-electron chi connectivity index (χ2n) is 6.59. The molecule has 7 nitrogen and oxygen atoms in total. The van der Waals surface area contributed by atoms with Crippen LogP contribution in [0.4, 0.5) is 0 Å². The number of carbonyl (C=O) groups excluding carboxylic acids is 1. The predicted molar refractivity (Wildman–Crippen MR) is 89.3 cm³/mol. The van der Waals surface area contributed by atoms with Gasteiger partial charge >= 0.3 is 0 Å². The molecule has 0 aromatic heterocycles. The molecule has 0 spiro atoms. The first-order chi connectivity index (χ1) is 11.0. The average Bonchev–Trinajstić information content (AvgIpc) is 3.16. The molecule has 2 aliphatic rings. The second-order valence-corrected chi connectivity index (χ2v) is 6.59. The molecule has 2 N–H and O–H groups in total. The Bertz CT molecular complexity index is 414. The van der Waals surface area contributed by atoms with Gasteiger partial charge < -0.3 is 25.0 Å². The molecule has 0 aromatic carbocycles. The molecule has 2 rings (SSSR count). The molecular weight excluding hydrogens is 296 g/mol. The fourth-order valence-corrected chi connectivity index (χ4v) is 2.81. The van der Waals surface area contributed by atoms with Crippen molar-refractivity contribution in [3.8, 4) is 0 Å². The molecular formula is C16H30N4O3. The number of nitrogens with one attached hydrogen (secondary N) is 2. The van der Waals surface area contributed by atoms with Gasteiger partial charge in [0.15, 0.2) is 11.7 Å². The molecule has 1 saturated carbocycles. The summed E-state index contributed by atoms with van der Waals surface area (Å²) in [4.78, 5) is 17.7. The van der Waals surface area contributed by atoms with E-state index in [-0.39, 0.29) is 12.5 Å². The van der Waals surface area contributed by atoms with E-state index in [4.69, 9.17) is 9.47 Å². The van der Waals surface area contributed by atoms with Gasteiger partial charge in [-0.05, 0) is 19.8 Å². The van der Waals surface area contributed by atoms with Crippen LogP contribution in [0.2, 0.25) is 0 Å². The van der Waals surface area contributed by atoms with Crippen LogP contribution in [0.3, 0.4) is 0 Å². The number of hydrogen-bond donors (Lipinski definition) is 2. The lowest BCUT2D eigenvalue weighted by atomic mass is 10.2. The monoisotopic (exact) mass is 326 g/mol. The third-order valence-corrected chi connectivity index (χ3v) is 4.34. The summed E-state index contributed by atoms with van der Waals surface area (Å²) in [6.07, 6.45) is 5.56. The van der Waals surface area contributed by atoms with Crippen molar-refractivity contribution in [2.24, 2.45) is 4.99 Å². The number of amides is 1. The summed E-state index contributed by atoms with van der Waals surface area (Å²) >= 11 is 0. The van der Waals surface area contributed by atoms with Crippen molar-refractivity contribution in [1.82, 2.24) is 15.5 Å². The number of guanidine groups is 1. The van der Waals surface area contributed by atoms with Crippen molar-refractivity contribution in [2.45, 2.75) is 50.9 Å². The molecule has 2 fully saturated rings. The Labute approximate surface area is 138 Å². The van der Waals surface area contributed by atoms with E-state index in [1.807, 2.05) is 6.92 Å². The van der Waals surface area contributed by atoms with Crippen LogP contribution in [0.15, 0.2) is 4.99 Å². The number of rotatable bonds is 6. The van der Waals surface area contributed by atoms with Crippen LogP contribution in [-0.4, -0.2) is 69.0 Å². The van der Waals surface area contributed by atoms with E-state index < -0.39 is 5.79 Å². The highest BCUT2D eigenvalue weighted by atomic mass is 16.7. The quantitative estimate of drug-likeness (QED) is 0.555. The van der Waals surface area contributed by atoms with Gasteiger partial charge in [0.05, 0.1) is 13.2 Å². The average molecular weight is 326 g/mol. The van der Waals surface area contributed by atoms with E-state index >= 15 is 0 Å². The van der Waals surface area contributed by atoms with Crippen LogP contribution < -0.4 is 10.6 Å². The molecule has 1 amide bonds. The number of ether oxygens (including phenoxy) is 2. The van der Waals surface area contributed by atoms with Gasteiger partial charge in [0.2, 0.25) is 5.91 Å². The van der Waals surface area contributed by atoms with Crippen molar-refractivity contribution in [3.05, 3.63) is 0 Å². The van der Waals surface area contributed by atoms with Gasteiger partial charge in [0.1, 0.15) is 6.54 Å². The van der Waals surface area contributed by atoms with Crippen molar-refractivity contribution >= 4 is 11.9 Å². The number of carbonyl (C=O) groups is 1. The summed E-state index contributed by atoms with van der Waals surface area (Å²) in [5.41, 5.74) is 0. The molecule has 1 aliphatic carbocycles. The maximum Gasteiger partial charge on any atom is 0.243 e. The Morgan fingerprint density at radius 3 is 2.52 bits per heavy atom. The maximum absolute atomic E-state index is 11.7. The first kappa shape index (κ1) is 18.0. The number of aliphatic imine (C=N–C) groups is 1. The summed E-state index contributed by atoms with van der Waals surface area (Å²) in [5.74, 6) is 0.186. The Morgan fingerprint density at radius 1 is 1.26 bits per heavy atom. The number of hydrogen-bond acceptors (Lipinski definition) is 4. The van der Waals surface area contributed by atoms with Crippen LogP contribution in [0.25, 0.3) is 0 Å². The summed E-state index contributed by atoms with van der Waals surface area (Å²) in [5, 5.41) is 6.74. The van der Waals surface area contributed by atoms with Crippen molar-refractivity contribution in [1.29, 1.82) is 0 Å². The van der Waals surface area contributed by atoms with Crippen LogP contribution in [0, 0.1) is 0 Å². The van der Waals surface area contributed by atoms with Gasteiger partial charge in [-0.3, -0.25) is 4.79 Å². The highest BCUT2D eigenvalue weighted by molar-refractivity contribution is 5.84. The van der Waals surface area contributed by atoms with E-state index in [1.54, 1.807) is 19.0 Å². The van der Waals surface area contributed by atoms with Crippen LogP contribution in [-0.2, 0) is 14.3 Å². The highest BCUT2D eigenvalue weighted by Gasteiger charge is 2.30. The second kappa shape index (κ2) is 8.49. The van der Waals surface area contributed by atoms with Gasteiger partial charge in [-0.2, -0.15) is 0 Å². The highest BCUT2D eigenvalue weighted by Crippen LogP contribution is 2.21. The SMILES string of the molecule is CN(C)C(=O)CN=C(NCCC1(C)OCCO1)NC1CCCC1. The Hall–Kier alpha value is -1.34. The van der Waals surface area contributed by atoms with Crippen LogP contribution in [0.5, 0.6) is 0 Å². The van der Waals surface area contributed by atoms with E-state index in [0.717, 1.165) is 19.3 Å². The lowest BCUT2D eigenvalue weighted by Crippen LogP contribution is -2.44. The molecule has 132 valence electrons. The third-order valence-electron chi connectivity index (χ3n) is 4.34. The van der Waals surface area contributed by atoms with E-state index in [9.17, 15) is 4.79 Å². The van der Waals surface area contributed by atoms with E-state index in [0.29, 0.717) is 31.8 Å². The molecule has 1 saturated heterocycles. The minimum Gasteiger partial charge on any atom is -0.356 e. The van der Waals surface area contributed by atoms with Gasteiger partial charge in [0.25, 0.3) is 0 Å². The zero-order valence-corrected chi connectivity index (χ0v) is 14.6. The van der Waals surface area contributed by atoms with E-state index in [2.05, 4.69) is 15.6 Å². The topological polar surface area (TPSA) is 75.2 Å². The van der Waals surface area contributed by atoms with Crippen molar-refractivity contribution in [2.75, 3.05) is 40.4 Å². The largest absolute Gasteiger partial charge is 0.356 e. The summed E-state index contributed by atoms with van der Waals surface area (Å²) in [6.45, 7) is 4.09. The molecule has 1 aliphatic heterocycles. The van der Waals surface area contributed by atoms with Gasteiger partial charge in [-0.1, -0.05) is 12.8 Å². The van der Waals surface area contributed by atoms with Crippen molar-refractivity contribution in [3.63, 3.8) is 0 Å². The zero-order valence-electron chi connectivity index (χ0n) is 14.6. The van der Waals surface area contributed by atoms with Crippen LogP contribution >= 0.6 is 0 Å². The fraction of sp³-hybridized carbons (Fsp3) is 0.875. The summed E-state index contributed by atoms with van der Waals surface area (Å²) in [6, 6.07) is 0.449. The van der Waals surface area contributed by atoms with Crippen LogP contribution in [0.1, 0.15) is 39.0 Å². The number of nitrogens with zero attached hydrogens (tertiary/aromatic N) is 2.